The average Bonchev–Trinajstić information content (AvgIpc) is 3.01. The predicted molar refractivity (Wildman–Crippen MR) is 113 cm³/mol. The molecule has 0 aliphatic carbocycles. The van der Waals surface area contributed by atoms with Gasteiger partial charge in [-0.25, -0.2) is 4.98 Å². The summed E-state index contributed by atoms with van der Waals surface area (Å²) in [4.78, 5) is 19.1. The Morgan fingerprint density at radius 3 is 2.48 bits per heavy atom. The van der Waals surface area contributed by atoms with Gasteiger partial charge in [-0.05, 0) is 24.3 Å². The van der Waals surface area contributed by atoms with Crippen LogP contribution in [0, 0.1) is 0 Å². The highest BCUT2D eigenvalue weighted by Gasteiger charge is 2.38. The molecule has 0 bridgehead atoms. The molecule has 8 heteroatoms. The summed E-state index contributed by atoms with van der Waals surface area (Å²) in [5.74, 6) is 1.35. The molecule has 2 aromatic carbocycles. The first kappa shape index (κ1) is 19.4. The van der Waals surface area contributed by atoms with Gasteiger partial charge < -0.3 is 14.8 Å². The maximum Gasteiger partial charge on any atom is 0.261 e. The molecule has 1 N–H and O–H groups in total. The Hall–Kier alpha value is -2.96. The Morgan fingerprint density at radius 1 is 1.03 bits per heavy atom. The summed E-state index contributed by atoms with van der Waals surface area (Å²) >= 11 is 12.3. The fourth-order valence-electron chi connectivity index (χ4n) is 3.33. The van der Waals surface area contributed by atoms with Gasteiger partial charge in [0.2, 0.25) is 0 Å². The molecule has 29 heavy (non-hydrogen) atoms. The van der Waals surface area contributed by atoms with Crippen molar-refractivity contribution in [2.24, 2.45) is 0 Å². The number of anilines is 2. The van der Waals surface area contributed by atoms with Crippen LogP contribution < -0.4 is 19.7 Å². The largest absolute Gasteiger partial charge is 0.495 e. The Morgan fingerprint density at radius 2 is 1.79 bits per heavy atom. The predicted octanol–water partition coefficient (Wildman–Crippen LogP) is 5.18. The third kappa shape index (κ3) is 3.45. The summed E-state index contributed by atoms with van der Waals surface area (Å²) in [6.45, 7) is 0. The van der Waals surface area contributed by atoms with Crippen LogP contribution in [0.1, 0.15) is 22.1 Å². The molecule has 6 nitrogen and oxygen atoms in total. The molecule has 1 amide bonds. The number of benzene rings is 2. The topological polar surface area (TPSA) is 63.7 Å². The zero-order chi connectivity index (χ0) is 20.5. The third-order valence-electron chi connectivity index (χ3n) is 4.69. The monoisotopic (exact) mass is 429 g/mol. The lowest BCUT2D eigenvalue weighted by atomic mass is 10.1. The van der Waals surface area contributed by atoms with Crippen molar-refractivity contribution in [1.29, 1.82) is 0 Å². The number of nitrogens with zero attached hydrogens (tertiary/aromatic N) is 2. The van der Waals surface area contributed by atoms with E-state index in [0.717, 1.165) is 5.56 Å². The fourth-order valence-corrected chi connectivity index (χ4v) is 3.68. The lowest BCUT2D eigenvalue weighted by molar-refractivity contribution is 0.0992. The molecule has 0 saturated heterocycles. The number of hydrogen-bond acceptors (Lipinski definition) is 5. The first-order chi connectivity index (χ1) is 14.0. The van der Waals surface area contributed by atoms with Crippen LogP contribution in [0.25, 0.3) is 0 Å². The molecule has 148 valence electrons. The van der Waals surface area contributed by atoms with E-state index in [1.165, 1.54) is 13.3 Å². The van der Waals surface area contributed by atoms with Crippen molar-refractivity contribution in [1.82, 2.24) is 4.98 Å². The number of ether oxygens (including phenoxy) is 2. The van der Waals surface area contributed by atoms with Crippen molar-refractivity contribution < 1.29 is 14.3 Å². The highest BCUT2D eigenvalue weighted by molar-refractivity contribution is 6.32. The molecule has 2 heterocycles. The van der Waals surface area contributed by atoms with E-state index >= 15 is 0 Å². The van der Waals surface area contributed by atoms with Gasteiger partial charge in [-0.15, -0.1) is 0 Å². The van der Waals surface area contributed by atoms with E-state index in [-0.39, 0.29) is 5.91 Å². The number of halogens is 2. The second kappa shape index (κ2) is 7.81. The Balaban J connectivity index is 1.80. The van der Waals surface area contributed by atoms with Crippen LogP contribution in [0.15, 0.2) is 54.7 Å². The number of nitrogens with one attached hydrogen (secondary N) is 1. The van der Waals surface area contributed by atoms with Crippen molar-refractivity contribution in [3.8, 4) is 11.5 Å². The summed E-state index contributed by atoms with van der Waals surface area (Å²) in [6.07, 6.45) is 1.00. The normalized spacial score (nSPS) is 15.2. The van der Waals surface area contributed by atoms with Crippen molar-refractivity contribution in [3.63, 3.8) is 0 Å². The minimum absolute atomic E-state index is 0.161. The van der Waals surface area contributed by atoms with Gasteiger partial charge in [0.05, 0.1) is 30.0 Å². The van der Waals surface area contributed by atoms with Crippen LogP contribution >= 0.6 is 23.2 Å². The summed E-state index contributed by atoms with van der Waals surface area (Å²) in [5.41, 5.74) is 2.04. The molecule has 1 aliphatic rings. The average molecular weight is 430 g/mol. The number of carbonyl (C=O) groups excluding carboxylic acids is 1. The Labute approximate surface area is 178 Å². The minimum Gasteiger partial charge on any atom is -0.495 e. The zero-order valence-electron chi connectivity index (χ0n) is 15.6. The van der Waals surface area contributed by atoms with E-state index in [4.69, 9.17) is 32.7 Å². The number of methoxy groups -OCH3 is 2. The Kier molecular flexibility index (Phi) is 5.22. The zero-order valence-corrected chi connectivity index (χ0v) is 17.2. The molecule has 0 unspecified atom stereocenters. The molecule has 1 aromatic heterocycles. The van der Waals surface area contributed by atoms with Crippen LogP contribution in [-0.2, 0) is 0 Å². The highest BCUT2D eigenvalue weighted by atomic mass is 35.5. The van der Waals surface area contributed by atoms with Gasteiger partial charge in [-0.1, -0.05) is 41.4 Å². The molecule has 0 fully saturated rings. The summed E-state index contributed by atoms with van der Waals surface area (Å²) in [7, 11) is 3.09. The SMILES string of the molecule is COc1cc(OC)c(N[C@H]2c3ccccc3C(=O)N2c2ccc(Cl)cn2)cc1Cl. The highest BCUT2D eigenvalue weighted by Crippen LogP contribution is 2.42. The summed E-state index contributed by atoms with van der Waals surface area (Å²) < 4.78 is 10.7. The molecule has 3 aromatic rings. The van der Waals surface area contributed by atoms with Crippen molar-refractivity contribution in [2.45, 2.75) is 6.17 Å². The quantitative estimate of drug-likeness (QED) is 0.605. The lowest BCUT2D eigenvalue weighted by Gasteiger charge is -2.27. The number of amides is 1. The van der Waals surface area contributed by atoms with Crippen molar-refractivity contribution in [3.05, 3.63) is 75.9 Å². The second-order valence-corrected chi connectivity index (χ2v) is 7.17. The van der Waals surface area contributed by atoms with E-state index < -0.39 is 6.17 Å². The lowest BCUT2D eigenvalue weighted by Crippen LogP contribution is -2.33. The van der Waals surface area contributed by atoms with Crippen LogP contribution in [0.2, 0.25) is 10.0 Å². The van der Waals surface area contributed by atoms with E-state index in [0.29, 0.717) is 38.6 Å². The maximum absolute atomic E-state index is 13.1. The first-order valence-corrected chi connectivity index (χ1v) is 9.51. The van der Waals surface area contributed by atoms with E-state index in [1.54, 1.807) is 42.3 Å². The molecular weight excluding hydrogens is 413 g/mol. The third-order valence-corrected chi connectivity index (χ3v) is 5.21. The number of aromatic nitrogens is 1. The van der Waals surface area contributed by atoms with Gasteiger partial charge >= 0.3 is 0 Å². The number of carbonyl (C=O) groups is 1. The molecule has 0 saturated carbocycles. The summed E-state index contributed by atoms with van der Waals surface area (Å²) in [5, 5.41) is 4.28. The number of hydrogen-bond donors (Lipinski definition) is 1. The molecule has 4 rings (SSSR count). The smallest absolute Gasteiger partial charge is 0.261 e. The van der Waals surface area contributed by atoms with Gasteiger partial charge in [0.25, 0.3) is 5.91 Å². The van der Waals surface area contributed by atoms with Crippen LogP contribution in [0.3, 0.4) is 0 Å². The maximum atomic E-state index is 13.1. The van der Waals surface area contributed by atoms with Gasteiger partial charge in [0.1, 0.15) is 23.5 Å². The molecule has 1 atom stereocenters. The molecule has 1 aliphatic heterocycles. The molecule has 0 spiro atoms. The minimum atomic E-state index is -0.509. The number of fused-ring (bicyclic) bond motifs is 1. The van der Waals surface area contributed by atoms with Gasteiger partial charge in [0, 0.05) is 23.4 Å². The van der Waals surface area contributed by atoms with Gasteiger partial charge in [-0.3, -0.25) is 9.69 Å². The van der Waals surface area contributed by atoms with Crippen molar-refractivity contribution in [2.75, 3.05) is 24.4 Å². The number of pyridine rings is 1. The summed E-state index contributed by atoms with van der Waals surface area (Å²) in [6, 6.07) is 14.2. The van der Waals surface area contributed by atoms with E-state index in [1.807, 2.05) is 18.2 Å². The first-order valence-electron chi connectivity index (χ1n) is 8.75. The van der Waals surface area contributed by atoms with Gasteiger partial charge in [0.15, 0.2) is 0 Å². The standard InChI is InChI=1S/C21H17Cl2N3O3/c1-28-17-10-18(29-2)16(9-15(17)23)25-20-13-5-3-4-6-14(13)21(27)26(20)19-8-7-12(22)11-24-19/h3-11,20,25H,1-2H3/t20-/m1/s1. The van der Waals surface area contributed by atoms with Crippen molar-refractivity contribution >= 4 is 40.6 Å². The van der Waals surface area contributed by atoms with Gasteiger partial charge in [-0.2, -0.15) is 0 Å². The van der Waals surface area contributed by atoms with E-state index in [9.17, 15) is 4.79 Å². The van der Waals surface area contributed by atoms with Crippen LogP contribution in [0.4, 0.5) is 11.5 Å². The van der Waals surface area contributed by atoms with Crippen LogP contribution in [0.5, 0.6) is 11.5 Å². The second-order valence-electron chi connectivity index (χ2n) is 6.33. The van der Waals surface area contributed by atoms with Crippen LogP contribution in [-0.4, -0.2) is 25.1 Å². The molecule has 0 radical (unpaired) electrons. The molecular formula is C21H17Cl2N3O3. The van der Waals surface area contributed by atoms with E-state index in [2.05, 4.69) is 10.3 Å². The Bertz CT molecular complexity index is 1070. The fraction of sp³-hybridized carbons (Fsp3) is 0.143. The number of rotatable bonds is 5.